The van der Waals surface area contributed by atoms with Gasteiger partial charge in [0.25, 0.3) is 0 Å². The molecule has 2 rings (SSSR count). The number of aryl methyl sites for hydroxylation is 1. The van der Waals surface area contributed by atoms with Gasteiger partial charge in [0.05, 0.1) is 0 Å². The molecule has 14 heavy (non-hydrogen) atoms. The van der Waals surface area contributed by atoms with Crippen molar-refractivity contribution < 1.29 is 4.74 Å². The lowest BCUT2D eigenvalue weighted by atomic mass is 10.2. The van der Waals surface area contributed by atoms with Gasteiger partial charge in [-0.15, -0.1) is 11.3 Å². The van der Waals surface area contributed by atoms with Gasteiger partial charge in [-0.3, -0.25) is 0 Å². The fourth-order valence-electron chi connectivity index (χ4n) is 1.67. The molecule has 2 nitrogen and oxygen atoms in total. The molecule has 1 aliphatic rings. The molecule has 2 heterocycles. The molecular weight excluding hydrogens is 194 g/mol. The average Bonchev–Trinajstić information content (AvgIpc) is 2.46. The minimum atomic E-state index is 0.263. The Morgan fingerprint density at radius 1 is 1.50 bits per heavy atom. The highest BCUT2D eigenvalue weighted by Crippen LogP contribution is 2.26. The Morgan fingerprint density at radius 2 is 2.36 bits per heavy atom. The van der Waals surface area contributed by atoms with Gasteiger partial charge in [0.2, 0.25) is 0 Å². The van der Waals surface area contributed by atoms with Crippen LogP contribution in [0.3, 0.4) is 0 Å². The van der Waals surface area contributed by atoms with Crippen LogP contribution in [0.5, 0.6) is 0 Å². The zero-order valence-electron chi connectivity index (χ0n) is 8.75. The normalized spacial score (nSPS) is 28.7. The van der Waals surface area contributed by atoms with E-state index in [9.17, 15) is 0 Å². The maximum Gasteiger partial charge on any atom is 0.104 e. The van der Waals surface area contributed by atoms with Crippen LogP contribution in [0.1, 0.15) is 29.2 Å². The third-order valence-electron chi connectivity index (χ3n) is 2.60. The lowest BCUT2D eigenvalue weighted by Gasteiger charge is -2.13. The van der Waals surface area contributed by atoms with E-state index in [2.05, 4.69) is 31.3 Å². The fourth-order valence-corrected chi connectivity index (χ4v) is 2.59. The lowest BCUT2D eigenvalue weighted by molar-refractivity contribution is 0.0689. The van der Waals surface area contributed by atoms with Crippen LogP contribution in [0, 0.1) is 6.92 Å². The summed E-state index contributed by atoms with van der Waals surface area (Å²) < 4.78 is 5.82. The summed E-state index contributed by atoms with van der Waals surface area (Å²) in [5, 5.41) is 3.48. The Balaban J connectivity index is 2.04. The van der Waals surface area contributed by atoms with E-state index >= 15 is 0 Å². The highest BCUT2D eigenvalue weighted by Gasteiger charge is 2.18. The van der Waals surface area contributed by atoms with Crippen molar-refractivity contribution >= 4 is 11.3 Å². The summed E-state index contributed by atoms with van der Waals surface area (Å²) in [5.74, 6) is 0. The second-order valence-corrected chi connectivity index (χ2v) is 5.23. The maximum atomic E-state index is 5.82. The van der Waals surface area contributed by atoms with Crippen LogP contribution in [0.25, 0.3) is 0 Å². The van der Waals surface area contributed by atoms with Crippen molar-refractivity contribution in [3.8, 4) is 0 Å². The second kappa shape index (κ2) is 4.43. The number of rotatable bonds is 1. The van der Waals surface area contributed by atoms with Gasteiger partial charge in [-0.05, 0) is 32.4 Å². The van der Waals surface area contributed by atoms with E-state index in [1.807, 2.05) is 11.3 Å². The Bertz CT molecular complexity index is 297. The summed E-state index contributed by atoms with van der Waals surface area (Å²) in [6, 6.07) is 4.93. The third-order valence-corrected chi connectivity index (χ3v) is 3.69. The predicted molar refractivity (Wildman–Crippen MR) is 59.8 cm³/mol. The van der Waals surface area contributed by atoms with Gasteiger partial charge in [-0.1, -0.05) is 0 Å². The monoisotopic (exact) mass is 211 g/mol. The molecule has 0 aliphatic carbocycles. The van der Waals surface area contributed by atoms with Crippen molar-refractivity contribution in [2.24, 2.45) is 0 Å². The van der Waals surface area contributed by atoms with E-state index in [-0.39, 0.29) is 6.10 Å². The highest BCUT2D eigenvalue weighted by molar-refractivity contribution is 7.12. The molecule has 0 saturated carbocycles. The molecule has 2 unspecified atom stereocenters. The van der Waals surface area contributed by atoms with Gasteiger partial charge >= 0.3 is 0 Å². The molecule has 0 aromatic carbocycles. The van der Waals surface area contributed by atoms with E-state index in [4.69, 9.17) is 4.74 Å². The van der Waals surface area contributed by atoms with Crippen LogP contribution in [0.2, 0.25) is 0 Å². The molecule has 78 valence electrons. The number of hydrogen-bond acceptors (Lipinski definition) is 3. The number of thiophene rings is 1. The van der Waals surface area contributed by atoms with Gasteiger partial charge in [0.1, 0.15) is 6.10 Å². The molecule has 1 aromatic rings. The van der Waals surface area contributed by atoms with Gasteiger partial charge in [0.15, 0.2) is 0 Å². The van der Waals surface area contributed by atoms with Gasteiger partial charge in [-0.2, -0.15) is 0 Å². The summed E-state index contributed by atoms with van der Waals surface area (Å²) in [7, 11) is 0. The zero-order valence-corrected chi connectivity index (χ0v) is 9.56. The Labute approximate surface area is 89.3 Å². The SMILES string of the molecule is Cc1ccc(C2CNC(C)CCO2)s1. The van der Waals surface area contributed by atoms with Crippen LogP contribution in [0.4, 0.5) is 0 Å². The van der Waals surface area contributed by atoms with Crippen molar-refractivity contribution in [2.45, 2.75) is 32.4 Å². The number of ether oxygens (including phenoxy) is 1. The number of nitrogens with one attached hydrogen (secondary N) is 1. The first-order valence-corrected chi connectivity index (χ1v) is 5.98. The van der Waals surface area contributed by atoms with Crippen molar-refractivity contribution in [1.29, 1.82) is 0 Å². The smallest absolute Gasteiger partial charge is 0.104 e. The average molecular weight is 211 g/mol. The molecule has 1 aliphatic heterocycles. The zero-order chi connectivity index (χ0) is 9.97. The maximum absolute atomic E-state index is 5.82. The Kier molecular flexibility index (Phi) is 3.21. The van der Waals surface area contributed by atoms with Gasteiger partial charge < -0.3 is 10.1 Å². The molecule has 0 radical (unpaired) electrons. The molecule has 2 atom stereocenters. The Hall–Kier alpha value is -0.380. The molecule has 0 bridgehead atoms. The van der Waals surface area contributed by atoms with E-state index < -0.39 is 0 Å². The molecule has 1 saturated heterocycles. The summed E-state index contributed by atoms with van der Waals surface area (Å²) >= 11 is 1.84. The summed E-state index contributed by atoms with van der Waals surface area (Å²) in [6.45, 7) is 6.17. The van der Waals surface area contributed by atoms with Crippen LogP contribution >= 0.6 is 11.3 Å². The lowest BCUT2D eigenvalue weighted by Crippen LogP contribution is -2.27. The molecule has 1 fully saturated rings. The fraction of sp³-hybridized carbons (Fsp3) is 0.636. The van der Waals surface area contributed by atoms with E-state index in [1.165, 1.54) is 9.75 Å². The molecule has 1 aromatic heterocycles. The first-order chi connectivity index (χ1) is 6.75. The van der Waals surface area contributed by atoms with Crippen molar-refractivity contribution in [2.75, 3.05) is 13.2 Å². The van der Waals surface area contributed by atoms with E-state index in [1.54, 1.807) is 0 Å². The predicted octanol–water partition coefficient (Wildman–Crippen LogP) is 2.50. The number of hydrogen-bond donors (Lipinski definition) is 1. The first kappa shape index (κ1) is 10.1. The largest absolute Gasteiger partial charge is 0.371 e. The summed E-state index contributed by atoms with van der Waals surface area (Å²) in [4.78, 5) is 2.71. The molecule has 1 N–H and O–H groups in total. The van der Waals surface area contributed by atoms with Crippen LogP contribution in [-0.2, 0) is 4.74 Å². The highest BCUT2D eigenvalue weighted by atomic mass is 32.1. The van der Waals surface area contributed by atoms with Crippen molar-refractivity contribution in [3.05, 3.63) is 21.9 Å². The molecule has 3 heteroatoms. The van der Waals surface area contributed by atoms with Gasteiger partial charge in [-0.25, -0.2) is 0 Å². The standard InChI is InChI=1S/C11H17NOS/c1-8-5-6-13-10(7-12-8)11-4-3-9(2)14-11/h3-4,8,10,12H,5-7H2,1-2H3. The first-order valence-electron chi connectivity index (χ1n) is 5.17. The van der Waals surface area contributed by atoms with Crippen molar-refractivity contribution in [3.63, 3.8) is 0 Å². The Morgan fingerprint density at radius 3 is 3.07 bits per heavy atom. The summed E-state index contributed by atoms with van der Waals surface area (Å²) in [5.41, 5.74) is 0. The van der Waals surface area contributed by atoms with E-state index in [0.717, 1.165) is 19.6 Å². The van der Waals surface area contributed by atoms with Crippen LogP contribution in [-0.4, -0.2) is 19.2 Å². The minimum absolute atomic E-state index is 0.263. The molecular formula is C11H17NOS. The van der Waals surface area contributed by atoms with Gasteiger partial charge in [0, 0.05) is 28.9 Å². The molecule has 0 spiro atoms. The quantitative estimate of drug-likeness (QED) is 0.770. The van der Waals surface area contributed by atoms with E-state index in [0.29, 0.717) is 6.04 Å². The summed E-state index contributed by atoms with van der Waals surface area (Å²) in [6.07, 6.45) is 1.37. The topological polar surface area (TPSA) is 21.3 Å². The van der Waals surface area contributed by atoms with Crippen LogP contribution in [0.15, 0.2) is 12.1 Å². The molecule has 0 amide bonds. The minimum Gasteiger partial charge on any atom is -0.371 e. The third kappa shape index (κ3) is 2.35. The van der Waals surface area contributed by atoms with Crippen LogP contribution < -0.4 is 5.32 Å². The second-order valence-electron chi connectivity index (χ2n) is 3.91. The van der Waals surface area contributed by atoms with Crippen molar-refractivity contribution in [1.82, 2.24) is 5.32 Å².